The van der Waals surface area contributed by atoms with Gasteiger partial charge in [-0.3, -0.25) is 4.79 Å². The van der Waals surface area contributed by atoms with Crippen LogP contribution in [0, 0.1) is 6.92 Å². The first-order valence-corrected chi connectivity index (χ1v) is 8.16. The average molecular weight is 343 g/mol. The van der Waals surface area contributed by atoms with Gasteiger partial charge in [-0.25, -0.2) is 0 Å². The number of nitrogens with one attached hydrogen (secondary N) is 1. The monoisotopic (exact) mass is 342 g/mol. The summed E-state index contributed by atoms with van der Waals surface area (Å²) in [6.45, 7) is 4.67. The number of amides is 1. The lowest BCUT2D eigenvalue weighted by Crippen LogP contribution is -2.17. The molecule has 24 heavy (non-hydrogen) atoms. The summed E-state index contributed by atoms with van der Waals surface area (Å²) in [6.07, 6.45) is 0. The lowest BCUT2D eigenvalue weighted by molar-refractivity contribution is 0.101. The SMILES string of the molecule is CCn1c(C(=O)Nc2cccc(OC)c2)c(C)c2cc(Cl)ccc21. The van der Waals surface area contributed by atoms with Gasteiger partial charge in [0.25, 0.3) is 5.91 Å². The molecule has 0 spiro atoms. The van der Waals surface area contributed by atoms with Crippen LogP contribution in [0.1, 0.15) is 23.0 Å². The minimum atomic E-state index is -0.144. The number of benzene rings is 2. The van der Waals surface area contributed by atoms with Gasteiger partial charge in [0.2, 0.25) is 0 Å². The van der Waals surface area contributed by atoms with Crippen LogP contribution >= 0.6 is 11.6 Å². The number of methoxy groups -OCH3 is 1. The van der Waals surface area contributed by atoms with E-state index in [9.17, 15) is 4.79 Å². The number of aryl methyl sites for hydroxylation is 2. The Kier molecular flexibility index (Phi) is 4.49. The van der Waals surface area contributed by atoms with Gasteiger partial charge in [0.15, 0.2) is 0 Å². The highest BCUT2D eigenvalue weighted by Crippen LogP contribution is 2.29. The van der Waals surface area contributed by atoms with Crippen LogP contribution in [0.25, 0.3) is 10.9 Å². The van der Waals surface area contributed by atoms with Crippen molar-refractivity contribution in [2.24, 2.45) is 0 Å². The summed E-state index contributed by atoms with van der Waals surface area (Å²) >= 11 is 6.11. The Balaban J connectivity index is 2.04. The summed E-state index contributed by atoms with van der Waals surface area (Å²) < 4.78 is 7.21. The molecule has 0 atom stereocenters. The van der Waals surface area contributed by atoms with Crippen LogP contribution < -0.4 is 10.1 Å². The zero-order valence-electron chi connectivity index (χ0n) is 13.9. The number of hydrogen-bond donors (Lipinski definition) is 1. The van der Waals surface area contributed by atoms with Gasteiger partial charge >= 0.3 is 0 Å². The third kappa shape index (κ3) is 2.85. The van der Waals surface area contributed by atoms with E-state index in [0.29, 0.717) is 28.7 Å². The van der Waals surface area contributed by atoms with Gasteiger partial charge in [0, 0.05) is 34.2 Å². The number of carbonyl (C=O) groups excluding carboxylic acids is 1. The topological polar surface area (TPSA) is 43.3 Å². The van der Waals surface area contributed by atoms with Crippen molar-refractivity contribution >= 4 is 34.1 Å². The van der Waals surface area contributed by atoms with Gasteiger partial charge in [0.05, 0.1) is 7.11 Å². The second kappa shape index (κ2) is 6.57. The van der Waals surface area contributed by atoms with Gasteiger partial charge in [-0.2, -0.15) is 0 Å². The van der Waals surface area contributed by atoms with Crippen LogP contribution in [0.4, 0.5) is 5.69 Å². The minimum Gasteiger partial charge on any atom is -0.497 e. The largest absolute Gasteiger partial charge is 0.497 e. The van der Waals surface area contributed by atoms with E-state index in [1.54, 1.807) is 13.2 Å². The molecule has 3 rings (SSSR count). The first-order chi connectivity index (χ1) is 11.5. The highest BCUT2D eigenvalue weighted by atomic mass is 35.5. The van der Waals surface area contributed by atoms with Crippen LogP contribution in [-0.4, -0.2) is 17.6 Å². The fraction of sp³-hybridized carbons (Fsp3) is 0.211. The molecule has 0 bridgehead atoms. The Labute approximate surface area is 146 Å². The van der Waals surface area contributed by atoms with Crippen molar-refractivity contribution in [2.45, 2.75) is 20.4 Å². The normalized spacial score (nSPS) is 10.8. The van der Waals surface area contributed by atoms with E-state index in [0.717, 1.165) is 16.5 Å². The molecule has 0 radical (unpaired) electrons. The molecular formula is C19H19ClN2O2. The Hall–Kier alpha value is -2.46. The second-order valence-corrected chi connectivity index (χ2v) is 6.00. The second-order valence-electron chi connectivity index (χ2n) is 5.57. The third-order valence-electron chi connectivity index (χ3n) is 4.14. The molecule has 1 heterocycles. The summed E-state index contributed by atoms with van der Waals surface area (Å²) in [6, 6.07) is 13.0. The molecule has 4 nitrogen and oxygen atoms in total. The summed E-state index contributed by atoms with van der Waals surface area (Å²) in [5.74, 6) is 0.558. The molecule has 0 saturated carbocycles. The molecule has 0 unspecified atom stereocenters. The van der Waals surface area contributed by atoms with Crippen molar-refractivity contribution < 1.29 is 9.53 Å². The number of fused-ring (bicyclic) bond motifs is 1. The van der Waals surface area contributed by atoms with Crippen molar-refractivity contribution in [1.82, 2.24) is 4.57 Å². The van der Waals surface area contributed by atoms with Crippen LogP contribution in [0.5, 0.6) is 5.75 Å². The molecule has 1 aromatic heterocycles. The maximum atomic E-state index is 12.9. The maximum Gasteiger partial charge on any atom is 0.272 e. The zero-order chi connectivity index (χ0) is 17.3. The molecule has 0 saturated heterocycles. The smallest absolute Gasteiger partial charge is 0.272 e. The molecule has 1 N–H and O–H groups in total. The quantitative estimate of drug-likeness (QED) is 0.734. The van der Waals surface area contributed by atoms with Crippen LogP contribution in [0.3, 0.4) is 0 Å². The number of anilines is 1. The average Bonchev–Trinajstić information content (AvgIpc) is 2.86. The van der Waals surface area contributed by atoms with Gasteiger partial charge in [0.1, 0.15) is 11.4 Å². The van der Waals surface area contributed by atoms with Crippen LogP contribution in [0.2, 0.25) is 5.02 Å². The first-order valence-electron chi connectivity index (χ1n) is 7.79. The van der Waals surface area contributed by atoms with Crippen molar-refractivity contribution in [1.29, 1.82) is 0 Å². The Morgan fingerprint density at radius 1 is 1.25 bits per heavy atom. The molecule has 3 aromatic rings. The van der Waals surface area contributed by atoms with Crippen molar-refractivity contribution in [2.75, 3.05) is 12.4 Å². The van der Waals surface area contributed by atoms with E-state index in [4.69, 9.17) is 16.3 Å². The predicted octanol–water partition coefficient (Wildman–Crippen LogP) is 4.88. The summed E-state index contributed by atoms with van der Waals surface area (Å²) in [5.41, 5.74) is 3.28. The van der Waals surface area contributed by atoms with Crippen LogP contribution in [-0.2, 0) is 6.54 Å². The molecule has 2 aromatic carbocycles. The number of hydrogen-bond acceptors (Lipinski definition) is 2. The Morgan fingerprint density at radius 3 is 2.75 bits per heavy atom. The fourth-order valence-electron chi connectivity index (χ4n) is 3.01. The Morgan fingerprint density at radius 2 is 2.04 bits per heavy atom. The van der Waals surface area contributed by atoms with Crippen LogP contribution in [0.15, 0.2) is 42.5 Å². The first kappa shape index (κ1) is 16.4. The summed E-state index contributed by atoms with van der Waals surface area (Å²) in [7, 11) is 1.60. The fourth-order valence-corrected chi connectivity index (χ4v) is 3.18. The maximum absolute atomic E-state index is 12.9. The number of rotatable bonds is 4. The molecular weight excluding hydrogens is 324 g/mol. The van der Waals surface area contributed by atoms with E-state index in [1.807, 2.05) is 54.8 Å². The highest BCUT2D eigenvalue weighted by Gasteiger charge is 2.20. The molecule has 0 aliphatic heterocycles. The van der Waals surface area contributed by atoms with Crippen molar-refractivity contribution in [3.63, 3.8) is 0 Å². The van der Waals surface area contributed by atoms with E-state index in [-0.39, 0.29) is 5.91 Å². The van der Waals surface area contributed by atoms with Gasteiger partial charge in [-0.05, 0) is 49.7 Å². The van der Waals surface area contributed by atoms with E-state index in [1.165, 1.54) is 0 Å². The highest BCUT2D eigenvalue weighted by molar-refractivity contribution is 6.31. The number of aromatic nitrogens is 1. The molecule has 1 amide bonds. The third-order valence-corrected chi connectivity index (χ3v) is 4.37. The number of carbonyl (C=O) groups is 1. The molecule has 124 valence electrons. The Bertz CT molecular complexity index is 915. The van der Waals surface area contributed by atoms with Gasteiger partial charge < -0.3 is 14.6 Å². The molecule has 5 heteroatoms. The number of halogens is 1. The summed E-state index contributed by atoms with van der Waals surface area (Å²) in [5, 5.41) is 4.62. The minimum absolute atomic E-state index is 0.144. The predicted molar refractivity (Wildman–Crippen MR) is 98.3 cm³/mol. The van der Waals surface area contributed by atoms with Crippen molar-refractivity contribution in [3.8, 4) is 5.75 Å². The zero-order valence-corrected chi connectivity index (χ0v) is 14.6. The van der Waals surface area contributed by atoms with E-state index < -0.39 is 0 Å². The lowest BCUT2D eigenvalue weighted by atomic mass is 10.1. The standard InChI is InChI=1S/C19H19ClN2O2/c1-4-22-17-9-8-13(20)10-16(17)12(2)18(22)19(23)21-14-6-5-7-15(11-14)24-3/h5-11H,4H2,1-3H3,(H,21,23). The molecule has 0 aliphatic carbocycles. The van der Waals surface area contributed by atoms with E-state index in [2.05, 4.69) is 5.32 Å². The van der Waals surface area contributed by atoms with Gasteiger partial charge in [-0.15, -0.1) is 0 Å². The van der Waals surface area contributed by atoms with E-state index >= 15 is 0 Å². The molecule has 0 fully saturated rings. The van der Waals surface area contributed by atoms with Crippen molar-refractivity contribution in [3.05, 3.63) is 58.7 Å². The van der Waals surface area contributed by atoms with Gasteiger partial charge in [-0.1, -0.05) is 17.7 Å². The lowest BCUT2D eigenvalue weighted by Gasteiger charge is -2.10. The molecule has 0 aliphatic rings. The number of ether oxygens (including phenoxy) is 1. The summed E-state index contributed by atoms with van der Waals surface area (Å²) in [4.78, 5) is 12.9. The number of nitrogens with zero attached hydrogens (tertiary/aromatic N) is 1.